The van der Waals surface area contributed by atoms with Crippen molar-refractivity contribution in [1.82, 2.24) is 59.9 Å². The minimum atomic E-state index is -0.828. The summed E-state index contributed by atoms with van der Waals surface area (Å²) in [6, 6.07) is 12.7. The highest BCUT2D eigenvalue weighted by Gasteiger charge is 2.25. The summed E-state index contributed by atoms with van der Waals surface area (Å²) in [6.07, 6.45) is 4.45. The zero-order valence-corrected chi connectivity index (χ0v) is 29.2. The molecule has 5 N–H and O–H groups in total. The van der Waals surface area contributed by atoms with Crippen LogP contribution in [-0.2, 0) is 19.2 Å². The van der Waals surface area contributed by atoms with E-state index in [0.717, 1.165) is 0 Å². The number of hydrogen-bond donors (Lipinski definition) is 3. The molecule has 6 aromatic rings. The van der Waals surface area contributed by atoms with Gasteiger partial charge in [0, 0.05) is 0 Å². The van der Waals surface area contributed by atoms with Crippen molar-refractivity contribution in [2.75, 3.05) is 16.0 Å². The van der Waals surface area contributed by atoms with Gasteiger partial charge in [-0.3, -0.25) is 14.4 Å². The summed E-state index contributed by atoms with van der Waals surface area (Å²) in [5.41, 5.74) is 2.64. The molecule has 20 nitrogen and oxygen atoms in total. The normalized spacial score (nSPS) is 17.1. The fraction of sp³-hybridized carbons (Fsp3) is 0.242. The number of carbonyl (C=O) groups is 4. The average Bonchev–Trinajstić information content (AvgIpc) is 3.92. The Morgan fingerprint density at radius 1 is 0.528 bits per heavy atom. The zero-order valence-electron chi connectivity index (χ0n) is 29.2. The lowest BCUT2D eigenvalue weighted by atomic mass is 10.2. The lowest BCUT2D eigenvalue weighted by Crippen LogP contribution is -2.27. The molecule has 0 saturated carbocycles. The first-order chi connectivity index (χ1) is 25.0. The van der Waals surface area contributed by atoms with Crippen molar-refractivity contribution >= 4 is 41.0 Å². The van der Waals surface area contributed by atoms with E-state index in [4.69, 9.17) is 0 Å². The van der Waals surface area contributed by atoms with Crippen LogP contribution in [0.15, 0.2) is 73.2 Å². The first-order valence-corrected chi connectivity index (χ1v) is 16.0. The molecule has 6 aromatic heterocycles. The fourth-order valence-electron chi connectivity index (χ4n) is 5.11. The number of hydrogen-bond acceptors (Lipinski definition) is 13. The molecule has 0 fully saturated rings. The Kier molecular flexibility index (Phi) is 11.1. The van der Waals surface area contributed by atoms with Gasteiger partial charge in [0.2, 0.25) is 17.7 Å². The molecule has 1 aliphatic heterocycles. The maximum Gasteiger partial charge on any atom is 0.250 e. The molecule has 7 rings (SSSR count). The van der Waals surface area contributed by atoms with Crippen molar-refractivity contribution in [2.45, 2.75) is 52.7 Å². The van der Waals surface area contributed by atoms with Crippen LogP contribution in [0.2, 0.25) is 0 Å². The Balaban J connectivity index is 0.00000103. The molecule has 6 bridgehead atoms. The monoisotopic (exact) mass is 721 g/mol. The molecule has 0 saturated heterocycles. The Labute approximate surface area is 301 Å². The van der Waals surface area contributed by atoms with Crippen molar-refractivity contribution in [3.05, 3.63) is 73.2 Å². The molecule has 0 radical (unpaired) electrons. The van der Waals surface area contributed by atoms with Crippen LogP contribution in [0.5, 0.6) is 0 Å². The van der Waals surface area contributed by atoms with Crippen LogP contribution in [0.1, 0.15) is 52.7 Å². The molecule has 0 spiro atoms. The third kappa shape index (κ3) is 8.12. The van der Waals surface area contributed by atoms with E-state index in [1.807, 2.05) is 0 Å². The number of ketones is 1. The van der Waals surface area contributed by atoms with E-state index in [9.17, 15) is 19.2 Å². The first kappa shape index (κ1) is 37.2. The van der Waals surface area contributed by atoms with Gasteiger partial charge >= 0.3 is 0 Å². The molecule has 0 aromatic carbocycles. The van der Waals surface area contributed by atoms with E-state index in [0.29, 0.717) is 34.2 Å². The minimum Gasteiger partial charge on any atom is -0.412 e. The van der Waals surface area contributed by atoms with Crippen molar-refractivity contribution < 1.29 is 24.7 Å². The molecular formula is C33H35N15O5. The third-order valence-corrected chi connectivity index (χ3v) is 7.75. The number of nitrogens with zero attached hydrogens (tertiary/aromatic N) is 12. The number of Topliss-reactive ketones (excluding diaryl/α,β-unsaturated/α-hetero) is 1. The number of pyridine rings is 3. The van der Waals surface area contributed by atoms with Crippen molar-refractivity contribution in [1.29, 1.82) is 0 Å². The number of carbonyl (C=O) groups excluding carboxylic acids is 4. The van der Waals surface area contributed by atoms with E-state index >= 15 is 0 Å². The van der Waals surface area contributed by atoms with Gasteiger partial charge in [0.05, 0.1) is 35.7 Å². The Morgan fingerprint density at radius 2 is 0.792 bits per heavy atom. The van der Waals surface area contributed by atoms with Crippen LogP contribution >= 0.6 is 0 Å². The summed E-state index contributed by atoms with van der Waals surface area (Å²) < 4.78 is 4.28. The second-order valence-electron chi connectivity index (χ2n) is 11.8. The lowest BCUT2D eigenvalue weighted by molar-refractivity contribution is -0.119. The topological polar surface area (TPSA) is 267 Å². The molecule has 1 aliphatic rings. The molecule has 0 unspecified atom stereocenters. The first-order valence-electron chi connectivity index (χ1n) is 16.0. The highest BCUT2D eigenvalue weighted by Crippen LogP contribution is 2.26. The van der Waals surface area contributed by atoms with Crippen LogP contribution < -0.4 is 16.0 Å². The van der Waals surface area contributed by atoms with Crippen molar-refractivity contribution in [3.8, 4) is 34.2 Å². The smallest absolute Gasteiger partial charge is 0.250 e. The van der Waals surface area contributed by atoms with Crippen molar-refractivity contribution in [2.24, 2.45) is 0 Å². The van der Waals surface area contributed by atoms with Gasteiger partial charge in [-0.1, -0.05) is 33.8 Å². The standard InChI is InChI=1S/C30H27N15O3.C3H6O.H2O/c1-16-28(46)37-25-10-5-8-20(35-25)23-14-32-41-44(23)18(3)30(48)39-27-12-6-9-21(36-27)24-15-33-42-45(24)17(2)29(47)38-26-11-4-7-19(34-26)22-13-31-40-43(16)22;1-3(2)4;/h4-18H,1-3H3,(H,35,37,46)(H,34,38,47)(H,36,39,48);1-2H3;1H2/t16-,17-,18-;;/m1../s1. The molecule has 3 atom stereocenters. The molecule has 53 heavy (non-hydrogen) atoms. The summed E-state index contributed by atoms with van der Waals surface area (Å²) >= 11 is 0. The van der Waals surface area contributed by atoms with Gasteiger partial charge in [-0.25, -0.2) is 29.0 Å². The summed E-state index contributed by atoms with van der Waals surface area (Å²) in [4.78, 5) is 63.5. The molecule has 7 heterocycles. The van der Waals surface area contributed by atoms with Crippen molar-refractivity contribution in [3.63, 3.8) is 0 Å². The number of nitrogens with one attached hydrogen (secondary N) is 3. The maximum atomic E-state index is 13.4. The number of fused-ring (bicyclic) bond motifs is 12. The molecule has 3 amide bonds. The average molecular weight is 722 g/mol. The summed E-state index contributed by atoms with van der Waals surface area (Å²) in [6.45, 7) is 8.04. The Morgan fingerprint density at radius 3 is 1.06 bits per heavy atom. The summed E-state index contributed by atoms with van der Waals surface area (Å²) in [7, 11) is 0. The van der Waals surface area contributed by atoms with Crippen LogP contribution in [0.25, 0.3) is 34.2 Å². The second-order valence-corrected chi connectivity index (χ2v) is 11.8. The number of aromatic nitrogens is 12. The largest absolute Gasteiger partial charge is 0.412 e. The minimum absolute atomic E-state index is 0. The quantitative estimate of drug-likeness (QED) is 0.204. The highest BCUT2D eigenvalue weighted by molar-refractivity contribution is 5.95. The van der Waals surface area contributed by atoms with Gasteiger partial charge in [-0.15, -0.1) is 15.3 Å². The number of rotatable bonds is 0. The van der Waals surface area contributed by atoms with Gasteiger partial charge in [-0.2, -0.15) is 0 Å². The van der Waals surface area contributed by atoms with E-state index in [1.165, 1.54) is 46.5 Å². The Bertz CT molecular complexity index is 2030. The Hall–Kier alpha value is -7.09. The van der Waals surface area contributed by atoms with Gasteiger partial charge in [0.15, 0.2) is 0 Å². The van der Waals surface area contributed by atoms with Crippen LogP contribution in [0, 0.1) is 0 Å². The van der Waals surface area contributed by atoms with Crippen LogP contribution in [0.3, 0.4) is 0 Å². The van der Waals surface area contributed by atoms with Gasteiger partial charge in [-0.05, 0) is 71.0 Å². The van der Waals surface area contributed by atoms with E-state index < -0.39 is 35.8 Å². The van der Waals surface area contributed by atoms with Gasteiger partial charge < -0.3 is 26.2 Å². The second kappa shape index (κ2) is 15.9. The SMILES string of the molecule is CC(C)=O.C[C@@H]1C(=O)Nc2cccc(n2)-c2cnnn2[C@H](C)C(=O)Nc2cccc(n2)-c2cnnn2[C@H](C)C(=O)Nc2cccc(n2)-c2cnnn21.O. The van der Waals surface area contributed by atoms with Crippen LogP contribution in [-0.4, -0.2) is 88.9 Å². The maximum absolute atomic E-state index is 13.4. The highest BCUT2D eigenvalue weighted by atomic mass is 16.2. The van der Waals surface area contributed by atoms with Crippen LogP contribution in [0.4, 0.5) is 17.5 Å². The van der Waals surface area contributed by atoms with E-state index in [2.05, 4.69) is 61.8 Å². The lowest BCUT2D eigenvalue weighted by Gasteiger charge is -2.17. The van der Waals surface area contributed by atoms with E-state index in [1.54, 1.807) is 75.4 Å². The fourth-order valence-corrected chi connectivity index (χ4v) is 5.11. The summed E-state index contributed by atoms with van der Waals surface area (Å²) in [5, 5.41) is 32.9. The predicted molar refractivity (Wildman–Crippen MR) is 190 cm³/mol. The van der Waals surface area contributed by atoms with Gasteiger partial charge in [0.25, 0.3) is 0 Å². The van der Waals surface area contributed by atoms with Gasteiger partial charge in [0.1, 0.15) is 58.4 Å². The molecule has 0 aliphatic carbocycles. The zero-order chi connectivity index (χ0) is 36.9. The summed E-state index contributed by atoms with van der Waals surface area (Å²) in [5.74, 6) is -0.309. The number of amides is 3. The molecule has 272 valence electrons. The third-order valence-electron chi connectivity index (χ3n) is 7.75. The molecular weight excluding hydrogens is 686 g/mol. The molecule has 20 heteroatoms. The van der Waals surface area contributed by atoms with E-state index in [-0.39, 0.29) is 28.7 Å². The predicted octanol–water partition coefficient (Wildman–Crippen LogP) is 2.33. The number of anilines is 3.